The lowest BCUT2D eigenvalue weighted by atomic mass is 10.2. The van der Waals surface area contributed by atoms with Gasteiger partial charge in [0, 0.05) is 18.9 Å². The second-order valence-corrected chi connectivity index (χ2v) is 6.36. The SMILES string of the molecule is Cc1oc(C)c(S(=O)(=O)NCc2cccn2C)c1C(=O)O. The van der Waals surface area contributed by atoms with Crippen LogP contribution in [0.15, 0.2) is 27.6 Å². The molecule has 2 aromatic rings. The van der Waals surface area contributed by atoms with Crippen LogP contribution in [0.4, 0.5) is 0 Å². The first-order chi connectivity index (χ1) is 9.74. The molecule has 0 saturated carbocycles. The second kappa shape index (κ2) is 5.38. The third kappa shape index (κ3) is 2.86. The number of carbonyl (C=O) groups is 1. The van der Waals surface area contributed by atoms with Crippen LogP contribution in [-0.2, 0) is 23.6 Å². The van der Waals surface area contributed by atoms with Gasteiger partial charge in [0.15, 0.2) is 0 Å². The minimum absolute atomic E-state index is 0.0595. The largest absolute Gasteiger partial charge is 0.478 e. The standard InChI is InChI=1S/C13H16N2O5S/c1-8-11(13(16)17)12(9(2)20-8)21(18,19)14-7-10-5-4-6-15(10)3/h4-6,14H,7H2,1-3H3,(H,16,17). The Hall–Kier alpha value is -2.06. The molecule has 0 fully saturated rings. The van der Waals surface area contributed by atoms with E-state index < -0.39 is 16.0 Å². The highest BCUT2D eigenvalue weighted by Crippen LogP contribution is 2.26. The van der Waals surface area contributed by atoms with Crippen LogP contribution in [0.25, 0.3) is 0 Å². The molecular weight excluding hydrogens is 296 g/mol. The first kappa shape index (κ1) is 15.3. The smallest absolute Gasteiger partial charge is 0.340 e. The van der Waals surface area contributed by atoms with E-state index in [1.54, 1.807) is 29.9 Å². The molecule has 2 N–H and O–H groups in total. The molecular formula is C13H16N2O5S. The third-order valence-electron chi connectivity index (χ3n) is 3.18. The fourth-order valence-electron chi connectivity index (χ4n) is 2.16. The maximum atomic E-state index is 12.4. The van der Waals surface area contributed by atoms with E-state index in [0.29, 0.717) is 0 Å². The number of furan rings is 1. The summed E-state index contributed by atoms with van der Waals surface area (Å²) in [7, 11) is -2.19. The first-order valence-corrected chi connectivity index (χ1v) is 7.65. The van der Waals surface area contributed by atoms with Crippen molar-refractivity contribution in [2.24, 2.45) is 7.05 Å². The summed E-state index contributed by atoms with van der Waals surface area (Å²) in [4.78, 5) is 10.9. The van der Waals surface area contributed by atoms with Crippen LogP contribution < -0.4 is 4.72 Å². The van der Waals surface area contributed by atoms with E-state index in [9.17, 15) is 13.2 Å². The Morgan fingerprint density at radius 1 is 1.38 bits per heavy atom. The van der Waals surface area contributed by atoms with Gasteiger partial charge in [0.25, 0.3) is 0 Å². The van der Waals surface area contributed by atoms with Crippen molar-refractivity contribution in [1.29, 1.82) is 0 Å². The van der Waals surface area contributed by atoms with Crippen LogP contribution in [0.1, 0.15) is 27.6 Å². The highest BCUT2D eigenvalue weighted by molar-refractivity contribution is 7.89. The maximum absolute atomic E-state index is 12.4. The van der Waals surface area contributed by atoms with Crippen molar-refractivity contribution in [2.45, 2.75) is 25.3 Å². The van der Waals surface area contributed by atoms with Gasteiger partial charge in [-0.1, -0.05) is 0 Å². The van der Waals surface area contributed by atoms with E-state index in [4.69, 9.17) is 9.52 Å². The number of carboxylic acids is 1. The minimum atomic E-state index is -3.98. The number of nitrogens with one attached hydrogen (secondary N) is 1. The Kier molecular flexibility index (Phi) is 3.93. The molecule has 7 nitrogen and oxygen atoms in total. The number of hydrogen-bond donors (Lipinski definition) is 2. The number of hydrogen-bond acceptors (Lipinski definition) is 4. The molecule has 0 atom stereocenters. The molecule has 0 aliphatic heterocycles. The molecule has 8 heteroatoms. The zero-order valence-corrected chi connectivity index (χ0v) is 12.7. The van der Waals surface area contributed by atoms with Crippen LogP contribution in [0.2, 0.25) is 0 Å². The summed E-state index contributed by atoms with van der Waals surface area (Å²) in [6, 6.07) is 3.56. The van der Waals surface area contributed by atoms with Crippen LogP contribution in [-0.4, -0.2) is 24.1 Å². The summed E-state index contributed by atoms with van der Waals surface area (Å²) in [5.41, 5.74) is 0.431. The first-order valence-electron chi connectivity index (χ1n) is 6.17. The summed E-state index contributed by atoms with van der Waals surface area (Å²) in [6.07, 6.45) is 1.79. The number of aromatic carboxylic acids is 1. The van der Waals surface area contributed by atoms with Crippen molar-refractivity contribution >= 4 is 16.0 Å². The lowest BCUT2D eigenvalue weighted by molar-refractivity contribution is 0.0691. The molecule has 0 aliphatic carbocycles. The van der Waals surface area contributed by atoms with E-state index in [2.05, 4.69) is 4.72 Å². The normalized spacial score (nSPS) is 11.8. The van der Waals surface area contributed by atoms with Gasteiger partial charge < -0.3 is 14.1 Å². The molecule has 2 aromatic heterocycles. The molecule has 114 valence electrons. The van der Waals surface area contributed by atoms with Gasteiger partial charge in [0.1, 0.15) is 22.0 Å². The molecule has 2 rings (SSSR count). The minimum Gasteiger partial charge on any atom is -0.478 e. The molecule has 0 bridgehead atoms. The number of sulfonamides is 1. The van der Waals surface area contributed by atoms with Crippen molar-refractivity contribution in [2.75, 3.05) is 0 Å². The predicted octanol–water partition coefficient (Wildman–Crippen LogP) is 1.41. The molecule has 21 heavy (non-hydrogen) atoms. The van der Waals surface area contributed by atoms with Gasteiger partial charge in [-0.05, 0) is 26.0 Å². The lowest BCUT2D eigenvalue weighted by Crippen LogP contribution is -2.26. The Morgan fingerprint density at radius 3 is 2.57 bits per heavy atom. The van der Waals surface area contributed by atoms with E-state index >= 15 is 0 Å². The summed E-state index contributed by atoms with van der Waals surface area (Å²) < 4.78 is 34.0. The number of rotatable bonds is 5. The topological polar surface area (TPSA) is 102 Å². The number of carboxylic acid groups (broad SMARTS) is 1. The Morgan fingerprint density at radius 2 is 2.05 bits per heavy atom. The van der Waals surface area contributed by atoms with Crippen molar-refractivity contribution in [1.82, 2.24) is 9.29 Å². The molecule has 0 spiro atoms. The predicted molar refractivity (Wildman–Crippen MR) is 74.6 cm³/mol. The Bertz CT molecular complexity index is 786. The molecule has 2 heterocycles. The number of aryl methyl sites for hydroxylation is 3. The van der Waals surface area contributed by atoms with Gasteiger partial charge in [-0.2, -0.15) is 0 Å². The zero-order chi connectivity index (χ0) is 15.8. The Labute approximate surface area is 122 Å². The molecule has 0 radical (unpaired) electrons. The van der Waals surface area contributed by atoms with Crippen LogP contribution in [0.3, 0.4) is 0 Å². The average molecular weight is 312 g/mol. The second-order valence-electron chi connectivity index (χ2n) is 4.66. The van der Waals surface area contributed by atoms with E-state index in [-0.39, 0.29) is 28.5 Å². The quantitative estimate of drug-likeness (QED) is 0.869. The highest BCUT2D eigenvalue weighted by Gasteiger charge is 2.30. The zero-order valence-electron chi connectivity index (χ0n) is 11.9. The lowest BCUT2D eigenvalue weighted by Gasteiger charge is -2.08. The average Bonchev–Trinajstić information content (AvgIpc) is 2.90. The van der Waals surface area contributed by atoms with E-state index in [0.717, 1.165) is 5.69 Å². The van der Waals surface area contributed by atoms with Gasteiger partial charge in [-0.15, -0.1) is 0 Å². The fraction of sp³-hybridized carbons (Fsp3) is 0.308. The van der Waals surface area contributed by atoms with Crippen LogP contribution in [0, 0.1) is 13.8 Å². The van der Waals surface area contributed by atoms with Gasteiger partial charge in [-0.25, -0.2) is 17.9 Å². The molecule has 0 amide bonds. The molecule has 0 aliphatic rings. The van der Waals surface area contributed by atoms with Gasteiger partial charge in [0.05, 0.1) is 6.54 Å². The van der Waals surface area contributed by atoms with Crippen molar-refractivity contribution < 1.29 is 22.7 Å². The summed E-state index contributed by atoms with van der Waals surface area (Å²) in [5.74, 6) is -1.20. The summed E-state index contributed by atoms with van der Waals surface area (Å²) in [5, 5.41) is 9.16. The van der Waals surface area contributed by atoms with Crippen molar-refractivity contribution in [3.05, 3.63) is 41.1 Å². The van der Waals surface area contributed by atoms with Gasteiger partial charge in [0.2, 0.25) is 10.0 Å². The van der Waals surface area contributed by atoms with Crippen molar-refractivity contribution in [3.63, 3.8) is 0 Å². The Balaban J connectivity index is 2.36. The van der Waals surface area contributed by atoms with Crippen LogP contribution >= 0.6 is 0 Å². The molecule has 0 aromatic carbocycles. The molecule has 0 saturated heterocycles. The van der Waals surface area contributed by atoms with Gasteiger partial charge in [-0.3, -0.25) is 0 Å². The molecule has 0 unspecified atom stereocenters. The summed E-state index contributed by atoms with van der Waals surface area (Å²) >= 11 is 0. The van der Waals surface area contributed by atoms with E-state index in [1.807, 2.05) is 0 Å². The van der Waals surface area contributed by atoms with Gasteiger partial charge >= 0.3 is 5.97 Å². The maximum Gasteiger partial charge on any atom is 0.340 e. The van der Waals surface area contributed by atoms with Crippen molar-refractivity contribution in [3.8, 4) is 0 Å². The van der Waals surface area contributed by atoms with Crippen LogP contribution in [0.5, 0.6) is 0 Å². The number of aromatic nitrogens is 1. The fourth-order valence-corrected chi connectivity index (χ4v) is 3.56. The number of nitrogens with zero attached hydrogens (tertiary/aromatic N) is 1. The summed E-state index contributed by atoms with van der Waals surface area (Å²) in [6.45, 7) is 2.91. The monoisotopic (exact) mass is 312 g/mol. The van der Waals surface area contributed by atoms with E-state index in [1.165, 1.54) is 13.8 Å². The highest BCUT2D eigenvalue weighted by atomic mass is 32.2. The third-order valence-corrected chi connectivity index (χ3v) is 4.74.